The fraction of sp³-hybridized carbons (Fsp3) is 0.292. The van der Waals surface area contributed by atoms with Crippen molar-refractivity contribution in [2.24, 2.45) is 0 Å². The molecule has 0 saturated carbocycles. The normalized spacial score (nSPS) is 15.4. The summed E-state index contributed by atoms with van der Waals surface area (Å²) in [7, 11) is 0. The largest absolute Gasteiger partial charge is 0.351 e. The maximum atomic E-state index is 12.8. The SMILES string of the molecule is C#CCn1ccc(C(=O)N2CCc3nc(NC4Cc5ccccc5C4)ncc3C2)c1. The highest BCUT2D eigenvalue weighted by Gasteiger charge is 2.25. The fourth-order valence-corrected chi connectivity index (χ4v) is 4.36. The van der Waals surface area contributed by atoms with Crippen LogP contribution in [0.4, 0.5) is 5.95 Å². The van der Waals surface area contributed by atoms with Gasteiger partial charge in [-0.3, -0.25) is 4.79 Å². The van der Waals surface area contributed by atoms with Gasteiger partial charge in [0.05, 0.1) is 17.8 Å². The van der Waals surface area contributed by atoms with Gasteiger partial charge >= 0.3 is 0 Å². The number of amides is 1. The standard InChI is InChI=1S/C24H23N5O/c1-2-9-28-10-7-19(15-28)23(30)29-11-8-22-20(16-29)14-25-24(27-22)26-21-12-17-5-3-4-6-18(17)13-21/h1,3-7,10,14-15,21H,8-9,11-13,16H2,(H,25,26,27). The van der Waals surface area contributed by atoms with Crippen molar-refractivity contribution in [3.63, 3.8) is 0 Å². The molecule has 1 N–H and O–H groups in total. The van der Waals surface area contributed by atoms with Crippen molar-refractivity contribution in [1.29, 1.82) is 0 Å². The van der Waals surface area contributed by atoms with Crippen LogP contribution in [0.5, 0.6) is 0 Å². The number of hydrogen-bond acceptors (Lipinski definition) is 4. The van der Waals surface area contributed by atoms with E-state index in [0.717, 1.165) is 30.5 Å². The molecular formula is C24H23N5O. The molecule has 5 rings (SSSR count). The predicted octanol–water partition coefficient (Wildman–Crippen LogP) is 2.69. The summed E-state index contributed by atoms with van der Waals surface area (Å²) < 4.78 is 1.84. The Labute approximate surface area is 176 Å². The van der Waals surface area contributed by atoms with Crippen LogP contribution < -0.4 is 5.32 Å². The molecule has 0 spiro atoms. The molecule has 0 fully saturated rings. The molecule has 3 aromatic rings. The van der Waals surface area contributed by atoms with Crippen LogP contribution in [-0.4, -0.2) is 37.9 Å². The van der Waals surface area contributed by atoms with Gasteiger partial charge in [0.1, 0.15) is 0 Å². The number of nitrogens with zero attached hydrogens (tertiary/aromatic N) is 4. The van der Waals surface area contributed by atoms with Crippen LogP contribution in [0.25, 0.3) is 0 Å². The summed E-state index contributed by atoms with van der Waals surface area (Å²) in [6.45, 7) is 1.65. The van der Waals surface area contributed by atoms with Crippen LogP contribution in [0.3, 0.4) is 0 Å². The number of hydrogen-bond donors (Lipinski definition) is 1. The van der Waals surface area contributed by atoms with E-state index < -0.39 is 0 Å². The smallest absolute Gasteiger partial charge is 0.255 e. The van der Waals surface area contributed by atoms with Gasteiger partial charge in [0.15, 0.2) is 0 Å². The van der Waals surface area contributed by atoms with Gasteiger partial charge in [-0.2, -0.15) is 0 Å². The molecule has 2 aromatic heterocycles. The van der Waals surface area contributed by atoms with E-state index in [-0.39, 0.29) is 5.91 Å². The van der Waals surface area contributed by atoms with Gasteiger partial charge in [0, 0.05) is 49.7 Å². The van der Waals surface area contributed by atoms with E-state index in [4.69, 9.17) is 11.4 Å². The number of carbonyl (C=O) groups excluding carboxylic acids is 1. The van der Waals surface area contributed by atoms with Gasteiger partial charge in [-0.15, -0.1) is 6.42 Å². The number of aromatic nitrogens is 3. The van der Waals surface area contributed by atoms with Crippen LogP contribution in [0.2, 0.25) is 0 Å². The second kappa shape index (κ2) is 7.68. The zero-order valence-electron chi connectivity index (χ0n) is 16.7. The Morgan fingerprint density at radius 2 is 2.00 bits per heavy atom. The van der Waals surface area contributed by atoms with Crippen molar-refractivity contribution >= 4 is 11.9 Å². The van der Waals surface area contributed by atoms with Gasteiger partial charge in [-0.1, -0.05) is 30.2 Å². The van der Waals surface area contributed by atoms with Gasteiger partial charge in [-0.25, -0.2) is 9.97 Å². The van der Waals surface area contributed by atoms with Crippen LogP contribution in [0.15, 0.2) is 48.9 Å². The Balaban J connectivity index is 1.25. The van der Waals surface area contributed by atoms with Crippen LogP contribution in [0, 0.1) is 12.3 Å². The quantitative estimate of drug-likeness (QED) is 0.688. The van der Waals surface area contributed by atoms with Crippen molar-refractivity contribution in [3.8, 4) is 12.3 Å². The van der Waals surface area contributed by atoms with Crippen molar-refractivity contribution in [2.75, 3.05) is 11.9 Å². The molecule has 1 aromatic carbocycles. The van der Waals surface area contributed by atoms with Crippen LogP contribution >= 0.6 is 0 Å². The molecule has 0 atom stereocenters. The van der Waals surface area contributed by atoms with Gasteiger partial charge in [-0.05, 0) is 30.0 Å². The first kappa shape index (κ1) is 18.4. The number of carbonyl (C=O) groups is 1. The average Bonchev–Trinajstić information content (AvgIpc) is 3.39. The van der Waals surface area contributed by atoms with Gasteiger partial charge < -0.3 is 14.8 Å². The van der Waals surface area contributed by atoms with Gasteiger partial charge in [0.25, 0.3) is 5.91 Å². The van der Waals surface area contributed by atoms with Crippen molar-refractivity contribution in [2.45, 2.75) is 38.4 Å². The maximum absolute atomic E-state index is 12.8. The Morgan fingerprint density at radius 1 is 1.20 bits per heavy atom. The molecule has 0 radical (unpaired) electrons. The minimum absolute atomic E-state index is 0.0161. The minimum Gasteiger partial charge on any atom is -0.351 e. The average molecular weight is 397 g/mol. The van der Waals surface area contributed by atoms with E-state index >= 15 is 0 Å². The van der Waals surface area contributed by atoms with Crippen LogP contribution in [0.1, 0.15) is 32.7 Å². The molecule has 30 heavy (non-hydrogen) atoms. The first-order chi connectivity index (χ1) is 14.7. The molecule has 0 unspecified atom stereocenters. The maximum Gasteiger partial charge on any atom is 0.255 e. The third-order valence-electron chi connectivity index (χ3n) is 5.88. The highest BCUT2D eigenvalue weighted by Crippen LogP contribution is 2.25. The van der Waals surface area contributed by atoms with E-state index in [1.165, 1.54) is 11.1 Å². The lowest BCUT2D eigenvalue weighted by molar-refractivity contribution is 0.0733. The summed E-state index contributed by atoms with van der Waals surface area (Å²) in [6.07, 6.45) is 13.6. The van der Waals surface area contributed by atoms with E-state index in [1.54, 1.807) is 6.20 Å². The topological polar surface area (TPSA) is 63.1 Å². The monoisotopic (exact) mass is 397 g/mol. The molecule has 6 heteroatoms. The molecule has 0 saturated heterocycles. The first-order valence-corrected chi connectivity index (χ1v) is 10.3. The van der Waals surface area contributed by atoms with E-state index in [1.807, 2.05) is 27.9 Å². The van der Waals surface area contributed by atoms with Crippen molar-refractivity contribution in [3.05, 3.63) is 76.9 Å². The summed E-state index contributed by atoms with van der Waals surface area (Å²) in [6, 6.07) is 10.7. The first-order valence-electron chi connectivity index (χ1n) is 10.3. The zero-order valence-corrected chi connectivity index (χ0v) is 16.7. The molecule has 2 aliphatic rings. The van der Waals surface area contributed by atoms with Crippen molar-refractivity contribution in [1.82, 2.24) is 19.4 Å². The number of fused-ring (bicyclic) bond motifs is 2. The molecular weight excluding hydrogens is 374 g/mol. The lowest BCUT2D eigenvalue weighted by Gasteiger charge is -2.28. The molecule has 1 aliphatic carbocycles. The zero-order chi connectivity index (χ0) is 20.5. The van der Waals surface area contributed by atoms with Crippen LogP contribution in [-0.2, 0) is 32.4 Å². The molecule has 1 aliphatic heterocycles. The summed E-state index contributed by atoms with van der Waals surface area (Å²) in [5.41, 5.74) is 5.50. The molecule has 0 bridgehead atoms. The number of anilines is 1. The number of terminal acetylenes is 1. The Bertz CT molecular complexity index is 1120. The van der Waals surface area contributed by atoms with E-state index in [9.17, 15) is 4.79 Å². The second-order valence-corrected chi connectivity index (χ2v) is 7.94. The number of rotatable bonds is 4. The Morgan fingerprint density at radius 3 is 2.77 bits per heavy atom. The molecule has 1 amide bonds. The summed E-state index contributed by atoms with van der Waals surface area (Å²) in [5, 5.41) is 3.49. The third kappa shape index (κ3) is 3.55. The second-order valence-electron chi connectivity index (χ2n) is 7.94. The summed E-state index contributed by atoms with van der Waals surface area (Å²) in [4.78, 5) is 24.0. The Hall–Kier alpha value is -3.59. The lowest BCUT2D eigenvalue weighted by atomic mass is 10.1. The number of nitrogens with one attached hydrogen (secondary N) is 1. The lowest BCUT2D eigenvalue weighted by Crippen LogP contribution is -2.36. The van der Waals surface area contributed by atoms with E-state index in [2.05, 4.69) is 40.5 Å². The molecule has 150 valence electrons. The Kier molecular flexibility index (Phi) is 4.72. The molecule has 6 nitrogen and oxygen atoms in total. The van der Waals surface area contributed by atoms with E-state index in [0.29, 0.717) is 37.2 Å². The summed E-state index contributed by atoms with van der Waals surface area (Å²) in [5.74, 6) is 3.28. The number of benzene rings is 1. The highest BCUT2D eigenvalue weighted by molar-refractivity contribution is 5.94. The van der Waals surface area contributed by atoms with Gasteiger partial charge in [0.2, 0.25) is 5.95 Å². The fourth-order valence-electron chi connectivity index (χ4n) is 4.36. The third-order valence-corrected chi connectivity index (χ3v) is 5.88. The summed E-state index contributed by atoms with van der Waals surface area (Å²) >= 11 is 0. The highest BCUT2D eigenvalue weighted by atomic mass is 16.2. The predicted molar refractivity (Wildman–Crippen MR) is 115 cm³/mol. The van der Waals surface area contributed by atoms with Crippen molar-refractivity contribution < 1.29 is 4.79 Å². The molecule has 3 heterocycles. The minimum atomic E-state index is 0.0161.